The molecule has 1 heterocycles. The lowest BCUT2D eigenvalue weighted by Crippen LogP contribution is -2.36. The Morgan fingerprint density at radius 2 is 2.04 bits per heavy atom. The lowest BCUT2D eigenvalue weighted by molar-refractivity contribution is -0.134. The minimum Gasteiger partial charge on any atom is -0.484 e. The molecule has 0 aliphatic heterocycles. The lowest BCUT2D eigenvalue weighted by atomic mass is 10.2. The monoisotopic (exact) mass is 401 g/mol. The molecule has 1 aliphatic rings. The van der Waals surface area contributed by atoms with Crippen molar-refractivity contribution in [2.24, 2.45) is 0 Å². The van der Waals surface area contributed by atoms with E-state index in [1.165, 1.54) is 18.2 Å². The predicted octanol–water partition coefficient (Wildman–Crippen LogP) is 4.10. The van der Waals surface area contributed by atoms with Gasteiger partial charge in [0.05, 0.1) is 17.1 Å². The van der Waals surface area contributed by atoms with E-state index in [0.717, 1.165) is 12.8 Å². The summed E-state index contributed by atoms with van der Waals surface area (Å²) >= 11 is 6.16. The van der Waals surface area contributed by atoms with Gasteiger partial charge in [-0.15, -0.1) is 10.2 Å². The van der Waals surface area contributed by atoms with Gasteiger partial charge in [-0.3, -0.25) is 4.79 Å². The summed E-state index contributed by atoms with van der Waals surface area (Å²) in [5, 5.41) is 8.58. The molecule has 0 N–H and O–H groups in total. The maximum Gasteiger partial charge on any atom is 0.261 e. The first-order valence-corrected chi connectivity index (χ1v) is 9.23. The Labute approximate surface area is 165 Å². The second kappa shape index (κ2) is 7.98. The van der Waals surface area contributed by atoms with Crippen molar-refractivity contribution in [1.82, 2.24) is 15.1 Å². The molecule has 1 aromatic heterocycles. The number of hydrogen-bond acceptors (Lipinski definition) is 5. The van der Waals surface area contributed by atoms with Crippen molar-refractivity contribution >= 4 is 17.5 Å². The van der Waals surface area contributed by atoms with Gasteiger partial charge in [-0.1, -0.05) is 29.8 Å². The number of benzene rings is 2. The highest BCUT2D eigenvalue weighted by atomic mass is 35.5. The molecule has 0 spiro atoms. The number of ether oxygens (including phenoxy) is 1. The first-order chi connectivity index (χ1) is 13.6. The number of carbonyl (C=O) groups excluding carboxylic acids is 1. The quantitative estimate of drug-likeness (QED) is 0.596. The Kier molecular flexibility index (Phi) is 5.25. The first-order valence-electron chi connectivity index (χ1n) is 8.85. The zero-order chi connectivity index (χ0) is 19.5. The molecule has 1 aliphatic carbocycles. The van der Waals surface area contributed by atoms with Crippen molar-refractivity contribution in [3.63, 3.8) is 0 Å². The Morgan fingerprint density at radius 3 is 2.79 bits per heavy atom. The lowest BCUT2D eigenvalue weighted by Gasteiger charge is -2.20. The summed E-state index contributed by atoms with van der Waals surface area (Å²) in [7, 11) is 0. The summed E-state index contributed by atoms with van der Waals surface area (Å²) in [5.41, 5.74) is 0.640. The molecule has 28 heavy (non-hydrogen) atoms. The smallest absolute Gasteiger partial charge is 0.261 e. The normalized spacial score (nSPS) is 13.4. The van der Waals surface area contributed by atoms with Crippen LogP contribution < -0.4 is 4.74 Å². The summed E-state index contributed by atoms with van der Waals surface area (Å²) < 4.78 is 24.4. The van der Waals surface area contributed by atoms with E-state index in [1.807, 2.05) is 12.1 Å². The molecular weight excluding hydrogens is 385 g/mol. The highest BCUT2D eigenvalue weighted by Gasteiger charge is 2.34. The van der Waals surface area contributed by atoms with E-state index >= 15 is 0 Å². The van der Waals surface area contributed by atoms with Crippen LogP contribution in [0.4, 0.5) is 4.39 Å². The summed E-state index contributed by atoms with van der Waals surface area (Å²) in [6.07, 6.45) is 1.83. The van der Waals surface area contributed by atoms with E-state index in [2.05, 4.69) is 10.2 Å². The van der Waals surface area contributed by atoms with Crippen molar-refractivity contribution in [1.29, 1.82) is 0 Å². The van der Waals surface area contributed by atoms with Crippen molar-refractivity contribution in [3.05, 3.63) is 65.3 Å². The number of nitrogens with zero attached hydrogens (tertiary/aromatic N) is 3. The standard InChI is InChI=1S/C20H17ClFN3O3/c21-17-7-2-1-6-16(17)20-24-23-18(28-20)11-25(14-8-9-14)19(26)12-27-15-5-3-4-13(22)10-15/h1-7,10,14H,8-9,11-12H2. The number of carbonyl (C=O) groups is 1. The van der Waals surface area contributed by atoms with E-state index < -0.39 is 5.82 Å². The average Bonchev–Trinajstić information content (AvgIpc) is 3.43. The minimum atomic E-state index is -0.415. The van der Waals surface area contributed by atoms with Gasteiger partial charge in [-0.25, -0.2) is 4.39 Å². The van der Waals surface area contributed by atoms with Gasteiger partial charge in [0.15, 0.2) is 6.61 Å². The molecule has 0 atom stereocenters. The third-order valence-electron chi connectivity index (χ3n) is 4.34. The Bertz CT molecular complexity index is 990. The molecule has 144 valence electrons. The van der Waals surface area contributed by atoms with E-state index in [0.29, 0.717) is 28.1 Å². The van der Waals surface area contributed by atoms with Crippen molar-refractivity contribution < 1.29 is 18.3 Å². The summed E-state index contributed by atoms with van der Waals surface area (Å²) in [5.74, 6) is 0.301. The molecule has 1 amide bonds. The van der Waals surface area contributed by atoms with Crippen molar-refractivity contribution in [2.45, 2.75) is 25.4 Å². The van der Waals surface area contributed by atoms with E-state index in [-0.39, 0.29) is 25.1 Å². The molecule has 8 heteroatoms. The topological polar surface area (TPSA) is 68.5 Å². The number of halogens is 2. The number of amides is 1. The zero-order valence-corrected chi connectivity index (χ0v) is 15.6. The molecule has 3 aromatic rings. The summed E-state index contributed by atoms with van der Waals surface area (Å²) in [6, 6.07) is 13.0. The fourth-order valence-electron chi connectivity index (χ4n) is 2.80. The van der Waals surface area contributed by atoms with Gasteiger partial charge in [0.2, 0.25) is 11.8 Å². The van der Waals surface area contributed by atoms with Crippen LogP contribution in [0.2, 0.25) is 5.02 Å². The second-order valence-electron chi connectivity index (χ2n) is 6.48. The van der Waals surface area contributed by atoms with E-state index in [1.54, 1.807) is 23.1 Å². The van der Waals surface area contributed by atoms with Crippen LogP contribution in [0.3, 0.4) is 0 Å². The molecular formula is C20H17ClFN3O3. The molecule has 0 saturated heterocycles. The van der Waals surface area contributed by atoms with Gasteiger partial charge in [0, 0.05) is 12.1 Å². The SMILES string of the molecule is O=C(COc1cccc(F)c1)N(Cc1nnc(-c2ccccc2Cl)o1)C1CC1. The summed E-state index contributed by atoms with van der Waals surface area (Å²) in [4.78, 5) is 14.3. The molecule has 0 bridgehead atoms. The molecule has 0 radical (unpaired) electrons. The van der Waals surface area contributed by atoms with Crippen molar-refractivity contribution in [2.75, 3.05) is 6.61 Å². The van der Waals surface area contributed by atoms with Gasteiger partial charge in [0.1, 0.15) is 11.6 Å². The molecule has 6 nitrogen and oxygen atoms in total. The number of rotatable bonds is 7. The highest BCUT2D eigenvalue weighted by molar-refractivity contribution is 6.33. The molecule has 2 aromatic carbocycles. The van der Waals surface area contributed by atoms with Crippen LogP contribution in [0.25, 0.3) is 11.5 Å². The fraction of sp³-hybridized carbons (Fsp3) is 0.250. The van der Waals surface area contributed by atoms with Gasteiger partial charge in [-0.05, 0) is 37.1 Å². The van der Waals surface area contributed by atoms with E-state index in [4.69, 9.17) is 20.8 Å². The zero-order valence-electron chi connectivity index (χ0n) is 14.8. The maximum atomic E-state index is 13.2. The number of hydrogen-bond donors (Lipinski definition) is 0. The predicted molar refractivity (Wildman–Crippen MR) is 100 cm³/mol. The Morgan fingerprint density at radius 1 is 1.21 bits per heavy atom. The van der Waals surface area contributed by atoms with E-state index in [9.17, 15) is 9.18 Å². The largest absolute Gasteiger partial charge is 0.484 e. The maximum absolute atomic E-state index is 13.2. The highest BCUT2D eigenvalue weighted by Crippen LogP contribution is 2.30. The van der Waals surface area contributed by atoms with Gasteiger partial charge >= 0.3 is 0 Å². The van der Waals surface area contributed by atoms with Gasteiger partial charge < -0.3 is 14.1 Å². The average molecular weight is 402 g/mol. The van der Waals surface area contributed by atoms with Crippen LogP contribution in [0.1, 0.15) is 18.7 Å². The van der Waals surface area contributed by atoms with Crippen LogP contribution in [-0.4, -0.2) is 33.7 Å². The first kappa shape index (κ1) is 18.4. The van der Waals surface area contributed by atoms with Crippen LogP contribution in [-0.2, 0) is 11.3 Å². The fourth-order valence-corrected chi connectivity index (χ4v) is 3.02. The van der Waals surface area contributed by atoms with Gasteiger partial charge in [0.25, 0.3) is 5.91 Å². The Hall–Kier alpha value is -2.93. The molecule has 1 saturated carbocycles. The minimum absolute atomic E-state index is 0.124. The van der Waals surface area contributed by atoms with Crippen LogP contribution in [0.5, 0.6) is 5.75 Å². The molecule has 0 unspecified atom stereocenters. The molecule has 4 rings (SSSR count). The Balaban J connectivity index is 1.43. The molecule has 1 fully saturated rings. The third kappa shape index (κ3) is 4.31. The second-order valence-corrected chi connectivity index (χ2v) is 6.89. The van der Waals surface area contributed by atoms with Gasteiger partial charge in [-0.2, -0.15) is 0 Å². The third-order valence-corrected chi connectivity index (χ3v) is 4.67. The van der Waals surface area contributed by atoms with Crippen LogP contribution in [0, 0.1) is 5.82 Å². The van der Waals surface area contributed by atoms with Crippen LogP contribution >= 0.6 is 11.6 Å². The van der Waals surface area contributed by atoms with Crippen molar-refractivity contribution in [3.8, 4) is 17.2 Å². The summed E-state index contributed by atoms with van der Waals surface area (Å²) in [6.45, 7) is -0.00107. The number of aromatic nitrogens is 2. The van der Waals surface area contributed by atoms with Crippen LogP contribution in [0.15, 0.2) is 52.9 Å².